The molecule has 1 rings (SSSR count). The molecule has 20 heavy (non-hydrogen) atoms. The Labute approximate surface area is 124 Å². The van der Waals surface area contributed by atoms with E-state index in [-0.39, 0.29) is 0 Å². The van der Waals surface area contributed by atoms with Gasteiger partial charge in [-0.3, -0.25) is 0 Å². The summed E-state index contributed by atoms with van der Waals surface area (Å²) in [6.07, 6.45) is 3.17. The van der Waals surface area contributed by atoms with Crippen LogP contribution >= 0.6 is 0 Å². The summed E-state index contributed by atoms with van der Waals surface area (Å²) < 4.78 is 0. The molecule has 0 aliphatic rings. The van der Waals surface area contributed by atoms with Crippen LogP contribution in [0, 0.1) is 5.41 Å². The van der Waals surface area contributed by atoms with Gasteiger partial charge in [0.05, 0.1) is 0 Å². The highest BCUT2D eigenvalue weighted by Crippen LogP contribution is 2.26. The predicted molar refractivity (Wildman–Crippen MR) is 92.0 cm³/mol. The highest BCUT2D eigenvalue weighted by molar-refractivity contribution is 5.69. The van der Waals surface area contributed by atoms with Crippen molar-refractivity contribution in [2.45, 2.75) is 53.9 Å². The van der Waals surface area contributed by atoms with Crippen molar-refractivity contribution in [3.8, 4) is 0 Å². The summed E-state index contributed by atoms with van der Waals surface area (Å²) in [7, 11) is 0. The summed E-state index contributed by atoms with van der Waals surface area (Å²) in [6.45, 7) is 19.2. The van der Waals surface area contributed by atoms with Gasteiger partial charge in [-0.05, 0) is 54.9 Å². The third kappa shape index (κ3) is 5.24. The Hall–Kier alpha value is -1.50. The molecule has 0 saturated carbocycles. The van der Waals surface area contributed by atoms with Crippen LogP contribution in [0.25, 0.3) is 5.57 Å². The molecular formula is C19H29N. The van der Waals surface area contributed by atoms with E-state index in [4.69, 9.17) is 0 Å². The number of nitrogens with one attached hydrogen (secondary N) is 1. The molecule has 0 spiro atoms. The van der Waals surface area contributed by atoms with Crippen LogP contribution in [0.15, 0.2) is 37.1 Å². The summed E-state index contributed by atoms with van der Waals surface area (Å²) in [6, 6.07) is 6.50. The minimum absolute atomic E-state index is 0.347. The van der Waals surface area contributed by atoms with Crippen LogP contribution in [0.3, 0.4) is 0 Å². The zero-order valence-electron chi connectivity index (χ0n) is 13.8. The molecular weight excluding hydrogens is 242 g/mol. The Morgan fingerprint density at radius 3 is 2.35 bits per heavy atom. The number of benzene rings is 1. The molecule has 0 radical (unpaired) electrons. The van der Waals surface area contributed by atoms with E-state index in [1.165, 1.54) is 11.1 Å². The van der Waals surface area contributed by atoms with Crippen LogP contribution in [-0.2, 0) is 6.42 Å². The first-order chi connectivity index (χ1) is 9.23. The fraction of sp³-hybridized carbons (Fsp3) is 0.474. The maximum atomic E-state index is 4.14. The van der Waals surface area contributed by atoms with Gasteiger partial charge in [-0.25, -0.2) is 0 Å². The molecule has 1 aromatic carbocycles. The first-order valence-electron chi connectivity index (χ1n) is 7.46. The lowest BCUT2D eigenvalue weighted by Crippen LogP contribution is -2.07. The van der Waals surface area contributed by atoms with Gasteiger partial charge in [0.2, 0.25) is 0 Å². The Morgan fingerprint density at radius 1 is 1.20 bits per heavy atom. The molecule has 0 aliphatic heterocycles. The number of anilines is 1. The summed E-state index contributed by atoms with van der Waals surface area (Å²) in [5.74, 6) is 0. The van der Waals surface area contributed by atoms with Gasteiger partial charge in [0.25, 0.3) is 0 Å². The van der Waals surface area contributed by atoms with E-state index >= 15 is 0 Å². The van der Waals surface area contributed by atoms with Crippen molar-refractivity contribution in [3.63, 3.8) is 0 Å². The maximum absolute atomic E-state index is 4.14. The van der Waals surface area contributed by atoms with E-state index in [0.29, 0.717) is 5.41 Å². The Morgan fingerprint density at radius 2 is 1.85 bits per heavy atom. The predicted octanol–water partition coefficient (Wildman–Crippen LogP) is 6.03. The lowest BCUT2D eigenvalue weighted by Gasteiger charge is -2.19. The molecule has 0 bridgehead atoms. The van der Waals surface area contributed by atoms with Crippen LogP contribution in [0.5, 0.6) is 0 Å². The molecule has 0 saturated heterocycles. The largest absolute Gasteiger partial charge is 0.359 e. The Bertz CT molecular complexity index is 489. The van der Waals surface area contributed by atoms with E-state index in [1.54, 1.807) is 0 Å². The standard InChI is InChI=1S/C19H29N/c1-8-16-9-10-17(13-18(16)14(2)3)20-15(4)11-12-19(5,6)7/h9-10,13,20H,2,4,8,11-12H2,1,3,5-7H3. The van der Waals surface area contributed by atoms with Gasteiger partial charge in [0.15, 0.2) is 0 Å². The molecule has 0 aliphatic carbocycles. The zero-order valence-corrected chi connectivity index (χ0v) is 13.8. The Kier molecular flexibility index (Phi) is 5.62. The molecule has 0 fully saturated rings. The number of rotatable bonds is 6. The molecule has 1 N–H and O–H groups in total. The Balaban J connectivity index is 2.76. The summed E-state index contributed by atoms with van der Waals surface area (Å²) >= 11 is 0. The first-order valence-corrected chi connectivity index (χ1v) is 7.46. The molecule has 0 atom stereocenters. The lowest BCUT2D eigenvalue weighted by molar-refractivity contribution is 0.378. The highest BCUT2D eigenvalue weighted by atomic mass is 14.9. The number of allylic oxidation sites excluding steroid dienone is 2. The second kappa shape index (κ2) is 6.78. The zero-order chi connectivity index (χ0) is 15.3. The van der Waals surface area contributed by atoms with Crippen molar-refractivity contribution in [1.29, 1.82) is 0 Å². The SMILES string of the molecule is C=C(CCC(C)(C)C)Nc1ccc(CC)c(C(=C)C)c1. The van der Waals surface area contributed by atoms with E-state index in [1.807, 2.05) is 0 Å². The molecule has 0 heterocycles. The van der Waals surface area contributed by atoms with Gasteiger partial charge in [-0.1, -0.05) is 52.5 Å². The molecule has 0 unspecified atom stereocenters. The number of aryl methyl sites for hydroxylation is 1. The van der Waals surface area contributed by atoms with Crippen molar-refractivity contribution in [2.75, 3.05) is 5.32 Å². The normalized spacial score (nSPS) is 11.2. The van der Waals surface area contributed by atoms with Crippen molar-refractivity contribution >= 4 is 11.3 Å². The highest BCUT2D eigenvalue weighted by Gasteiger charge is 2.11. The van der Waals surface area contributed by atoms with Crippen LogP contribution in [0.4, 0.5) is 5.69 Å². The maximum Gasteiger partial charge on any atom is 0.0387 e. The fourth-order valence-electron chi connectivity index (χ4n) is 2.15. The van der Waals surface area contributed by atoms with Crippen molar-refractivity contribution in [1.82, 2.24) is 0 Å². The van der Waals surface area contributed by atoms with Crippen LogP contribution < -0.4 is 5.32 Å². The minimum Gasteiger partial charge on any atom is -0.359 e. The van der Waals surface area contributed by atoms with Crippen molar-refractivity contribution < 1.29 is 0 Å². The second-order valence-corrected chi connectivity index (χ2v) is 6.80. The molecule has 110 valence electrons. The average molecular weight is 271 g/mol. The number of hydrogen-bond donors (Lipinski definition) is 1. The smallest absolute Gasteiger partial charge is 0.0387 e. The van der Waals surface area contributed by atoms with E-state index < -0.39 is 0 Å². The lowest BCUT2D eigenvalue weighted by atomic mass is 9.90. The topological polar surface area (TPSA) is 12.0 Å². The van der Waals surface area contributed by atoms with E-state index in [2.05, 4.69) is 71.3 Å². The summed E-state index contributed by atoms with van der Waals surface area (Å²) in [4.78, 5) is 0. The quantitative estimate of drug-likeness (QED) is 0.665. The third-order valence-electron chi connectivity index (χ3n) is 3.45. The van der Waals surface area contributed by atoms with Gasteiger partial charge in [0, 0.05) is 11.4 Å². The monoisotopic (exact) mass is 271 g/mol. The van der Waals surface area contributed by atoms with Gasteiger partial charge in [-0.15, -0.1) is 0 Å². The molecule has 1 aromatic rings. The van der Waals surface area contributed by atoms with Gasteiger partial charge < -0.3 is 5.32 Å². The second-order valence-electron chi connectivity index (χ2n) is 6.80. The third-order valence-corrected chi connectivity index (χ3v) is 3.45. The molecule has 0 amide bonds. The van der Waals surface area contributed by atoms with Gasteiger partial charge in [0.1, 0.15) is 0 Å². The first kappa shape index (κ1) is 16.6. The van der Waals surface area contributed by atoms with E-state index in [9.17, 15) is 0 Å². The molecule has 1 nitrogen and oxygen atoms in total. The van der Waals surface area contributed by atoms with Gasteiger partial charge >= 0.3 is 0 Å². The summed E-state index contributed by atoms with van der Waals surface area (Å²) in [5, 5.41) is 3.43. The molecule has 1 heteroatoms. The van der Waals surface area contributed by atoms with Crippen LogP contribution in [0.1, 0.15) is 58.6 Å². The van der Waals surface area contributed by atoms with Crippen molar-refractivity contribution in [2.24, 2.45) is 5.41 Å². The van der Waals surface area contributed by atoms with Crippen molar-refractivity contribution in [3.05, 3.63) is 48.2 Å². The fourth-order valence-corrected chi connectivity index (χ4v) is 2.15. The number of hydrogen-bond acceptors (Lipinski definition) is 1. The van der Waals surface area contributed by atoms with Crippen LogP contribution in [0.2, 0.25) is 0 Å². The van der Waals surface area contributed by atoms with Gasteiger partial charge in [-0.2, -0.15) is 0 Å². The summed E-state index contributed by atoms with van der Waals surface area (Å²) in [5.41, 5.74) is 6.26. The average Bonchev–Trinajstić information content (AvgIpc) is 2.35. The molecule has 0 aromatic heterocycles. The minimum atomic E-state index is 0.347. The van der Waals surface area contributed by atoms with E-state index in [0.717, 1.165) is 36.2 Å². The van der Waals surface area contributed by atoms with Crippen LogP contribution in [-0.4, -0.2) is 0 Å².